The number of amides is 1. The summed E-state index contributed by atoms with van der Waals surface area (Å²) in [5.41, 5.74) is 2.54. The number of hydrogen-bond acceptors (Lipinski definition) is 4. The van der Waals surface area contributed by atoms with Crippen LogP contribution in [-0.2, 0) is 4.79 Å². The number of aliphatic imine (C=N–C) groups is 1. The van der Waals surface area contributed by atoms with Gasteiger partial charge in [-0.2, -0.15) is 0 Å². The highest BCUT2D eigenvalue weighted by atomic mass is 16.5. The molecule has 0 heterocycles. The highest BCUT2D eigenvalue weighted by Crippen LogP contribution is 2.18. The van der Waals surface area contributed by atoms with Gasteiger partial charge in [-0.15, -0.1) is 0 Å². The summed E-state index contributed by atoms with van der Waals surface area (Å²) in [6, 6.07) is 24.3. The standard InChI is InChI=1S/C23H22N2O3/c1-2-27-21-14-10-19(11-15-21)24-16-18-8-12-22(13-9-18)28-17-23(26)25-20-6-4-3-5-7-20/h3-16H,2,17H2,1H3,(H,25,26). The summed E-state index contributed by atoms with van der Waals surface area (Å²) in [4.78, 5) is 16.4. The predicted octanol–water partition coefficient (Wildman–Crippen LogP) is 4.85. The van der Waals surface area contributed by atoms with Crippen LogP contribution in [0.4, 0.5) is 11.4 Å². The predicted molar refractivity (Wildman–Crippen MR) is 112 cm³/mol. The highest BCUT2D eigenvalue weighted by molar-refractivity contribution is 5.91. The first kappa shape index (κ1) is 19.2. The van der Waals surface area contributed by atoms with Crippen molar-refractivity contribution >= 4 is 23.5 Å². The molecule has 1 N–H and O–H groups in total. The molecule has 0 aliphatic heterocycles. The molecule has 0 saturated carbocycles. The van der Waals surface area contributed by atoms with Gasteiger partial charge in [0.25, 0.3) is 5.91 Å². The molecule has 0 atom stereocenters. The lowest BCUT2D eigenvalue weighted by atomic mass is 10.2. The van der Waals surface area contributed by atoms with Crippen LogP contribution in [0.1, 0.15) is 12.5 Å². The number of carbonyl (C=O) groups is 1. The number of hydrogen-bond donors (Lipinski definition) is 1. The van der Waals surface area contributed by atoms with E-state index in [0.717, 1.165) is 22.7 Å². The van der Waals surface area contributed by atoms with Crippen molar-refractivity contribution in [2.24, 2.45) is 4.99 Å². The molecule has 0 saturated heterocycles. The number of ether oxygens (including phenoxy) is 2. The van der Waals surface area contributed by atoms with Crippen molar-refractivity contribution in [2.75, 3.05) is 18.5 Å². The van der Waals surface area contributed by atoms with Gasteiger partial charge >= 0.3 is 0 Å². The third-order valence-electron chi connectivity index (χ3n) is 3.82. The van der Waals surface area contributed by atoms with E-state index in [4.69, 9.17) is 9.47 Å². The normalized spacial score (nSPS) is 10.6. The fraction of sp³-hybridized carbons (Fsp3) is 0.130. The molecule has 0 aliphatic rings. The molecule has 0 radical (unpaired) electrons. The summed E-state index contributed by atoms with van der Waals surface area (Å²) >= 11 is 0. The summed E-state index contributed by atoms with van der Waals surface area (Å²) in [6.07, 6.45) is 1.78. The second-order valence-electron chi connectivity index (χ2n) is 5.96. The Hall–Kier alpha value is -3.60. The fourth-order valence-electron chi connectivity index (χ4n) is 2.46. The van der Waals surface area contributed by atoms with E-state index in [2.05, 4.69) is 10.3 Å². The number of para-hydroxylation sites is 1. The number of carbonyl (C=O) groups excluding carboxylic acids is 1. The Kier molecular flexibility index (Phi) is 6.79. The lowest BCUT2D eigenvalue weighted by molar-refractivity contribution is -0.118. The zero-order valence-electron chi connectivity index (χ0n) is 15.7. The number of anilines is 1. The van der Waals surface area contributed by atoms with Gasteiger partial charge in [0.15, 0.2) is 6.61 Å². The minimum atomic E-state index is -0.202. The molecule has 0 bridgehead atoms. The Morgan fingerprint density at radius 2 is 1.54 bits per heavy atom. The van der Waals surface area contributed by atoms with Crippen molar-refractivity contribution in [3.8, 4) is 11.5 Å². The molecule has 0 aliphatic carbocycles. The minimum Gasteiger partial charge on any atom is -0.494 e. The van der Waals surface area contributed by atoms with E-state index in [0.29, 0.717) is 12.4 Å². The maximum atomic E-state index is 11.9. The van der Waals surface area contributed by atoms with Crippen LogP contribution in [0.25, 0.3) is 0 Å². The van der Waals surface area contributed by atoms with E-state index in [1.54, 1.807) is 6.21 Å². The summed E-state index contributed by atoms with van der Waals surface area (Å²) in [5.74, 6) is 1.26. The van der Waals surface area contributed by atoms with Crippen molar-refractivity contribution in [1.29, 1.82) is 0 Å². The van der Waals surface area contributed by atoms with Crippen LogP contribution in [-0.4, -0.2) is 25.3 Å². The lowest BCUT2D eigenvalue weighted by Gasteiger charge is -2.07. The molecule has 28 heavy (non-hydrogen) atoms. The molecular formula is C23H22N2O3. The van der Waals surface area contributed by atoms with E-state index in [1.807, 2.05) is 85.8 Å². The smallest absolute Gasteiger partial charge is 0.262 e. The topological polar surface area (TPSA) is 59.9 Å². The van der Waals surface area contributed by atoms with Crippen LogP contribution in [0, 0.1) is 0 Å². The average molecular weight is 374 g/mol. The Balaban J connectivity index is 1.49. The van der Waals surface area contributed by atoms with Crippen LogP contribution < -0.4 is 14.8 Å². The van der Waals surface area contributed by atoms with Crippen LogP contribution in [0.15, 0.2) is 83.9 Å². The van der Waals surface area contributed by atoms with Gasteiger partial charge < -0.3 is 14.8 Å². The zero-order valence-corrected chi connectivity index (χ0v) is 15.7. The largest absolute Gasteiger partial charge is 0.494 e. The molecule has 0 aromatic heterocycles. The lowest BCUT2D eigenvalue weighted by Crippen LogP contribution is -2.20. The molecule has 3 aromatic carbocycles. The van der Waals surface area contributed by atoms with Gasteiger partial charge in [0.05, 0.1) is 12.3 Å². The maximum absolute atomic E-state index is 11.9. The molecule has 0 unspecified atom stereocenters. The molecule has 5 nitrogen and oxygen atoms in total. The number of nitrogens with zero attached hydrogens (tertiary/aromatic N) is 1. The molecule has 0 fully saturated rings. The van der Waals surface area contributed by atoms with Crippen LogP contribution in [0.2, 0.25) is 0 Å². The van der Waals surface area contributed by atoms with Gasteiger partial charge in [0, 0.05) is 11.9 Å². The van der Waals surface area contributed by atoms with E-state index in [9.17, 15) is 4.79 Å². The average Bonchev–Trinajstić information content (AvgIpc) is 2.73. The van der Waals surface area contributed by atoms with E-state index >= 15 is 0 Å². The molecular weight excluding hydrogens is 352 g/mol. The molecule has 1 amide bonds. The number of rotatable bonds is 8. The van der Waals surface area contributed by atoms with Crippen LogP contribution in [0.5, 0.6) is 11.5 Å². The monoisotopic (exact) mass is 374 g/mol. The number of benzene rings is 3. The Morgan fingerprint density at radius 3 is 2.21 bits per heavy atom. The SMILES string of the molecule is CCOc1ccc(N=Cc2ccc(OCC(=O)Nc3ccccc3)cc2)cc1. The van der Waals surface area contributed by atoms with Crippen LogP contribution in [0.3, 0.4) is 0 Å². The van der Waals surface area contributed by atoms with Crippen molar-refractivity contribution in [3.05, 3.63) is 84.4 Å². The molecule has 3 rings (SSSR count). The quantitative estimate of drug-likeness (QED) is 0.573. The Bertz CT molecular complexity index is 905. The molecule has 0 spiro atoms. The van der Waals surface area contributed by atoms with Gasteiger partial charge in [-0.25, -0.2) is 0 Å². The van der Waals surface area contributed by atoms with Crippen molar-refractivity contribution < 1.29 is 14.3 Å². The van der Waals surface area contributed by atoms with Gasteiger partial charge in [-0.3, -0.25) is 9.79 Å². The fourth-order valence-corrected chi connectivity index (χ4v) is 2.46. The first-order valence-corrected chi connectivity index (χ1v) is 9.07. The highest BCUT2D eigenvalue weighted by Gasteiger charge is 2.03. The molecule has 5 heteroatoms. The summed E-state index contributed by atoms with van der Waals surface area (Å²) in [6.45, 7) is 2.55. The summed E-state index contributed by atoms with van der Waals surface area (Å²) in [5, 5.41) is 2.78. The maximum Gasteiger partial charge on any atom is 0.262 e. The van der Waals surface area contributed by atoms with E-state index in [1.165, 1.54) is 0 Å². The second kappa shape index (κ2) is 9.92. The van der Waals surface area contributed by atoms with Crippen molar-refractivity contribution in [2.45, 2.75) is 6.92 Å². The van der Waals surface area contributed by atoms with E-state index < -0.39 is 0 Å². The van der Waals surface area contributed by atoms with Gasteiger partial charge in [-0.05, 0) is 73.2 Å². The first-order chi connectivity index (χ1) is 13.7. The zero-order chi connectivity index (χ0) is 19.6. The van der Waals surface area contributed by atoms with Crippen molar-refractivity contribution in [1.82, 2.24) is 0 Å². The Labute approximate surface area is 164 Å². The molecule has 142 valence electrons. The Morgan fingerprint density at radius 1 is 0.893 bits per heavy atom. The van der Waals surface area contributed by atoms with Gasteiger partial charge in [0.2, 0.25) is 0 Å². The van der Waals surface area contributed by atoms with Crippen molar-refractivity contribution in [3.63, 3.8) is 0 Å². The first-order valence-electron chi connectivity index (χ1n) is 9.07. The molecule has 3 aromatic rings. The summed E-state index contributed by atoms with van der Waals surface area (Å²) in [7, 11) is 0. The minimum absolute atomic E-state index is 0.0471. The van der Waals surface area contributed by atoms with Gasteiger partial charge in [-0.1, -0.05) is 18.2 Å². The summed E-state index contributed by atoms with van der Waals surface area (Å²) < 4.78 is 10.9. The third-order valence-corrected chi connectivity index (χ3v) is 3.82. The number of nitrogens with one attached hydrogen (secondary N) is 1. The second-order valence-corrected chi connectivity index (χ2v) is 5.96. The van der Waals surface area contributed by atoms with Crippen LogP contribution >= 0.6 is 0 Å². The van der Waals surface area contributed by atoms with E-state index in [-0.39, 0.29) is 12.5 Å². The van der Waals surface area contributed by atoms with Gasteiger partial charge in [0.1, 0.15) is 11.5 Å². The third kappa shape index (κ3) is 5.99.